The number of halogens is 4. The molecular weight excluding hydrogens is 399 g/mol. The van der Waals surface area contributed by atoms with Gasteiger partial charge in [-0.25, -0.2) is 4.79 Å². The number of carbonyl (C=O) groups is 2. The van der Waals surface area contributed by atoms with Gasteiger partial charge in [-0.05, 0) is 49.5 Å². The van der Waals surface area contributed by atoms with E-state index in [1.165, 1.54) is 4.90 Å². The molecule has 0 aromatic heterocycles. The van der Waals surface area contributed by atoms with Crippen LogP contribution in [-0.4, -0.2) is 60.9 Å². The van der Waals surface area contributed by atoms with Gasteiger partial charge in [-0.15, -0.1) is 12.4 Å². The van der Waals surface area contributed by atoms with Crippen LogP contribution in [0.4, 0.5) is 23.7 Å². The van der Waals surface area contributed by atoms with Crippen molar-refractivity contribution in [3.8, 4) is 0 Å². The number of carboxylic acids is 1. The van der Waals surface area contributed by atoms with Gasteiger partial charge in [-0.3, -0.25) is 9.69 Å². The first-order chi connectivity index (χ1) is 12.7. The monoisotopic (exact) mass is 421 g/mol. The summed E-state index contributed by atoms with van der Waals surface area (Å²) in [5.74, 6) is -1.35. The number of urea groups is 1. The lowest BCUT2D eigenvalue weighted by molar-refractivity contribution is -0.143. The number of carboxylic acid groups (broad SMARTS) is 1. The van der Waals surface area contributed by atoms with Crippen LogP contribution < -0.4 is 10.2 Å². The molecule has 2 heterocycles. The first kappa shape index (κ1) is 22.3. The van der Waals surface area contributed by atoms with E-state index in [2.05, 4.69) is 5.32 Å². The molecule has 28 heavy (non-hydrogen) atoms. The largest absolute Gasteiger partial charge is 0.481 e. The summed E-state index contributed by atoms with van der Waals surface area (Å²) in [5.41, 5.74) is 1.25. The van der Waals surface area contributed by atoms with Crippen molar-refractivity contribution in [1.82, 2.24) is 10.2 Å². The van der Waals surface area contributed by atoms with Gasteiger partial charge in [0.15, 0.2) is 0 Å². The van der Waals surface area contributed by atoms with Crippen molar-refractivity contribution in [2.24, 2.45) is 11.8 Å². The molecule has 156 valence electrons. The second-order valence-electron chi connectivity index (χ2n) is 7.04. The lowest BCUT2D eigenvalue weighted by Crippen LogP contribution is -2.38. The summed E-state index contributed by atoms with van der Waals surface area (Å²) < 4.78 is 37.7. The molecular formula is C18H23ClF3N3O3. The van der Waals surface area contributed by atoms with E-state index in [0.717, 1.165) is 23.4 Å². The number of nitrogens with zero attached hydrogens (tertiary/aromatic N) is 2. The molecule has 1 aromatic rings. The Labute approximate surface area is 167 Å². The topological polar surface area (TPSA) is 72.9 Å². The first-order valence-corrected chi connectivity index (χ1v) is 8.90. The van der Waals surface area contributed by atoms with Gasteiger partial charge in [0.05, 0.1) is 5.92 Å². The van der Waals surface area contributed by atoms with Crippen molar-refractivity contribution < 1.29 is 27.9 Å². The van der Waals surface area contributed by atoms with Crippen molar-refractivity contribution >= 4 is 30.1 Å². The molecule has 0 spiro atoms. The number of carbonyl (C=O) groups excluding carboxylic acids is 1. The average molecular weight is 422 g/mol. The zero-order valence-corrected chi connectivity index (χ0v) is 15.9. The van der Waals surface area contributed by atoms with Crippen LogP contribution in [0.3, 0.4) is 0 Å². The van der Waals surface area contributed by atoms with E-state index < -0.39 is 30.6 Å². The standard InChI is InChI=1S/C18H22F3N3O3.ClH/c19-18(20,21)11-23-6-7-24(17(23)27)14-3-1-2-12(8-14)9-15(16(25)26)13-4-5-22-10-13;/h1-3,8,13,15,22H,4-7,9-11H2,(H,25,26);1H/t13-,15-;/m0./s1. The Balaban J connectivity index is 0.00000280. The van der Waals surface area contributed by atoms with Crippen LogP contribution in [0.25, 0.3) is 0 Å². The molecule has 2 N–H and O–H groups in total. The number of anilines is 1. The van der Waals surface area contributed by atoms with Crippen LogP contribution >= 0.6 is 12.4 Å². The number of alkyl halides is 3. The minimum atomic E-state index is -4.43. The van der Waals surface area contributed by atoms with E-state index >= 15 is 0 Å². The van der Waals surface area contributed by atoms with Gasteiger partial charge >= 0.3 is 18.2 Å². The third-order valence-corrected chi connectivity index (χ3v) is 5.13. The fourth-order valence-electron chi connectivity index (χ4n) is 3.77. The van der Waals surface area contributed by atoms with Gasteiger partial charge < -0.3 is 15.3 Å². The van der Waals surface area contributed by atoms with Gasteiger partial charge in [-0.2, -0.15) is 13.2 Å². The molecule has 2 saturated heterocycles. The highest BCUT2D eigenvalue weighted by atomic mass is 35.5. The normalized spacial score (nSPS) is 21.0. The summed E-state index contributed by atoms with van der Waals surface area (Å²) in [4.78, 5) is 26.0. The molecule has 3 rings (SSSR count). The zero-order chi connectivity index (χ0) is 19.6. The van der Waals surface area contributed by atoms with Gasteiger partial charge in [0.25, 0.3) is 0 Å². The third kappa shape index (κ3) is 5.29. The van der Waals surface area contributed by atoms with Gasteiger partial charge in [0, 0.05) is 18.8 Å². The third-order valence-electron chi connectivity index (χ3n) is 5.13. The number of hydrogen-bond acceptors (Lipinski definition) is 3. The second kappa shape index (κ2) is 9.00. The fraction of sp³-hybridized carbons (Fsp3) is 0.556. The molecule has 2 amide bonds. The molecule has 2 aliphatic heterocycles. The van der Waals surface area contributed by atoms with Crippen LogP contribution in [0.1, 0.15) is 12.0 Å². The average Bonchev–Trinajstić information content (AvgIpc) is 3.22. The van der Waals surface area contributed by atoms with Crippen LogP contribution in [-0.2, 0) is 11.2 Å². The maximum Gasteiger partial charge on any atom is 0.406 e. The highest BCUT2D eigenvalue weighted by molar-refractivity contribution is 5.94. The Morgan fingerprint density at radius 3 is 2.68 bits per heavy atom. The molecule has 2 aliphatic rings. The Kier molecular flexibility index (Phi) is 7.16. The van der Waals surface area contributed by atoms with Crippen molar-refractivity contribution in [3.63, 3.8) is 0 Å². The molecule has 0 radical (unpaired) electrons. The molecule has 1 aromatic carbocycles. The van der Waals surface area contributed by atoms with Crippen LogP contribution in [0.2, 0.25) is 0 Å². The van der Waals surface area contributed by atoms with E-state index in [0.29, 0.717) is 18.7 Å². The molecule has 0 aliphatic carbocycles. The lowest BCUT2D eigenvalue weighted by Gasteiger charge is -2.21. The summed E-state index contributed by atoms with van der Waals surface area (Å²) in [6.45, 7) is 0.374. The van der Waals surface area contributed by atoms with Gasteiger partial charge in [0.2, 0.25) is 0 Å². The SMILES string of the molecule is Cl.O=C(O)[C@@H](Cc1cccc(N2CCN(CC(F)(F)F)C2=O)c1)[C@H]1CCNC1. The number of hydrogen-bond donors (Lipinski definition) is 2. The number of amides is 2. The van der Waals surface area contributed by atoms with E-state index in [4.69, 9.17) is 0 Å². The molecule has 0 bridgehead atoms. The Morgan fingerprint density at radius 2 is 2.07 bits per heavy atom. The van der Waals surface area contributed by atoms with Crippen molar-refractivity contribution in [1.29, 1.82) is 0 Å². The predicted molar refractivity (Wildman–Crippen MR) is 99.9 cm³/mol. The van der Waals surface area contributed by atoms with Gasteiger partial charge in [0.1, 0.15) is 6.54 Å². The molecule has 2 fully saturated rings. The van der Waals surface area contributed by atoms with Crippen molar-refractivity contribution in [3.05, 3.63) is 29.8 Å². The molecule has 0 saturated carbocycles. The summed E-state index contributed by atoms with van der Waals surface area (Å²) in [7, 11) is 0. The molecule has 6 nitrogen and oxygen atoms in total. The Hall–Kier alpha value is -2.00. The second-order valence-corrected chi connectivity index (χ2v) is 7.04. The smallest absolute Gasteiger partial charge is 0.406 e. The maximum atomic E-state index is 12.6. The Morgan fingerprint density at radius 1 is 1.32 bits per heavy atom. The first-order valence-electron chi connectivity index (χ1n) is 8.90. The van der Waals surface area contributed by atoms with Crippen molar-refractivity contribution in [2.45, 2.75) is 19.0 Å². The number of nitrogens with one attached hydrogen (secondary N) is 1. The van der Waals surface area contributed by atoms with Gasteiger partial charge in [-0.1, -0.05) is 12.1 Å². The van der Waals surface area contributed by atoms with Crippen LogP contribution in [0.5, 0.6) is 0 Å². The maximum absolute atomic E-state index is 12.6. The quantitative estimate of drug-likeness (QED) is 0.741. The summed E-state index contributed by atoms with van der Waals surface area (Å²) in [5, 5.41) is 12.7. The van der Waals surface area contributed by atoms with Crippen molar-refractivity contribution in [2.75, 3.05) is 37.6 Å². The summed E-state index contributed by atoms with van der Waals surface area (Å²) >= 11 is 0. The summed E-state index contributed by atoms with van der Waals surface area (Å²) in [6.07, 6.45) is -3.31. The van der Waals surface area contributed by atoms with E-state index in [9.17, 15) is 27.9 Å². The number of rotatable bonds is 6. The van der Waals surface area contributed by atoms with Crippen LogP contribution in [0, 0.1) is 11.8 Å². The molecule has 10 heteroatoms. The van der Waals surface area contributed by atoms with E-state index in [-0.39, 0.29) is 31.4 Å². The minimum absolute atomic E-state index is 0. The highest BCUT2D eigenvalue weighted by Crippen LogP contribution is 2.28. The van der Waals surface area contributed by atoms with E-state index in [1.807, 2.05) is 0 Å². The number of benzene rings is 1. The predicted octanol–water partition coefficient (Wildman–Crippen LogP) is 2.77. The number of aliphatic carboxylic acids is 1. The lowest BCUT2D eigenvalue weighted by atomic mass is 9.86. The fourth-order valence-corrected chi connectivity index (χ4v) is 3.77. The minimum Gasteiger partial charge on any atom is -0.481 e. The Bertz CT molecular complexity index is 711. The highest BCUT2D eigenvalue weighted by Gasteiger charge is 2.38. The molecule has 2 atom stereocenters. The zero-order valence-electron chi connectivity index (χ0n) is 15.1. The van der Waals surface area contributed by atoms with E-state index in [1.54, 1.807) is 24.3 Å². The molecule has 0 unspecified atom stereocenters. The van der Waals surface area contributed by atoms with Crippen LogP contribution in [0.15, 0.2) is 24.3 Å². The summed E-state index contributed by atoms with van der Waals surface area (Å²) in [6, 6.07) is 6.17.